The maximum absolute atomic E-state index is 12.9. The average molecular weight is 430 g/mol. The summed E-state index contributed by atoms with van der Waals surface area (Å²) in [6.45, 7) is 2.88. The van der Waals surface area contributed by atoms with Crippen LogP contribution in [0.2, 0.25) is 0 Å². The zero-order valence-corrected chi connectivity index (χ0v) is 17.9. The van der Waals surface area contributed by atoms with Gasteiger partial charge in [-0.25, -0.2) is 13.1 Å². The van der Waals surface area contributed by atoms with Crippen LogP contribution in [0.25, 0.3) is 5.69 Å². The number of rotatable bonds is 5. The number of carbonyl (C=O) groups excluding carboxylic acids is 1. The molecule has 2 aromatic heterocycles. The lowest BCUT2D eigenvalue weighted by Crippen LogP contribution is -2.35. The summed E-state index contributed by atoms with van der Waals surface area (Å²) in [6.07, 6.45) is 3.36. The highest BCUT2D eigenvalue weighted by Gasteiger charge is 2.27. The van der Waals surface area contributed by atoms with E-state index in [4.69, 9.17) is 4.42 Å². The molecule has 0 saturated heterocycles. The second kappa shape index (κ2) is 7.69. The maximum Gasteiger partial charge on any atom is 0.276 e. The van der Waals surface area contributed by atoms with Crippen molar-refractivity contribution in [3.63, 3.8) is 0 Å². The van der Waals surface area contributed by atoms with E-state index in [0.29, 0.717) is 37.5 Å². The standard InChI is InChI=1S/C20H23N5O4S/c1-14-19(20(26)23(2)13-16-7-5-11-29-16)21-22-25(14)18-8-4-6-15-12-24(30(3,27)28)10-9-17(15)18/h4-8,11H,9-10,12-13H2,1-3H3. The summed E-state index contributed by atoms with van der Waals surface area (Å²) in [7, 11) is -1.56. The minimum atomic E-state index is -3.25. The summed E-state index contributed by atoms with van der Waals surface area (Å²) in [4.78, 5) is 14.4. The van der Waals surface area contributed by atoms with Gasteiger partial charge in [0.25, 0.3) is 5.91 Å². The predicted octanol–water partition coefficient (Wildman–Crippen LogP) is 1.76. The maximum atomic E-state index is 12.9. The van der Waals surface area contributed by atoms with Gasteiger partial charge >= 0.3 is 0 Å². The predicted molar refractivity (Wildman–Crippen MR) is 110 cm³/mol. The van der Waals surface area contributed by atoms with Gasteiger partial charge in [-0.2, -0.15) is 4.31 Å². The lowest BCUT2D eigenvalue weighted by Gasteiger charge is -2.28. The lowest BCUT2D eigenvalue weighted by atomic mass is 9.99. The number of hydrogen-bond donors (Lipinski definition) is 0. The van der Waals surface area contributed by atoms with Gasteiger partial charge < -0.3 is 9.32 Å². The topological polar surface area (TPSA) is 102 Å². The first-order valence-electron chi connectivity index (χ1n) is 9.52. The Bertz CT molecular complexity index is 1180. The van der Waals surface area contributed by atoms with Crippen LogP contribution in [0.4, 0.5) is 0 Å². The van der Waals surface area contributed by atoms with Crippen molar-refractivity contribution in [2.45, 2.75) is 26.4 Å². The highest BCUT2D eigenvalue weighted by Crippen LogP contribution is 2.27. The molecule has 1 amide bonds. The highest BCUT2D eigenvalue weighted by molar-refractivity contribution is 7.88. The van der Waals surface area contributed by atoms with Gasteiger partial charge in [-0.05, 0) is 42.7 Å². The van der Waals surface area contributed by atoms with Crippen LogP contribution in [0.15, 0.2) is 41.0 Å². The molecule has 1 aromatic carbocycles. The van der Waals surface area contributed by atoms with E-state index >= 15 is 0 Å². The fourth-order valence-corrected chi connectivity index (χ4v) is 4.49. The molecular formula is C20H23N5O4S. The fourth-order valence-electron chi connectivity index (χ4n) is 3.69. The summed E-state index contributed by atoms with van der Waals surface area (Å²) in [5.74, 6) is 0.437. The van der Waals surface area contributed by atoms with Crippen LogP contribution in [0.3, 0.4) is 0 Å². The van der Waals surface area contributed by atoms with Gasteiger partial charge in [0.05, 0.1) is 30.4 Å². The lowest BCUT2D eigenvalue weighted by molar-refractivity contribution is 0.0768. The molecule has 0 saturated carbocycles. The van der Waals surface area contributed by atoms with Crippen LogP contribution < -0.4 is 0 Å². The SMILES string of the molecule is Cc1c(C(=O)N(C)Cc2ccco2)nnn1-c1cccc2c1CCN(S(C)(=O)=O)C2. The van der Waals surface area contributed by atoms with Gasteiger partial charge in [-0.3, -0.25) is 4.79 Å². The smallest absolute Gasteiger partial charge is 0.276 e. The van der Waals surface area contributed by atoms with E-state index in [9.17, 15) is 13.2 Å². The van der Waals surface area contributed by atoms with Gasteiger partial charge in [-0.1, -0.05) is 17.3 Å². The first-order valence-corrected chi connectivity index (χ1v) is 11.4. The average Bonchev–Trinajstić information content (AvgIpc) is 3.35. The van der Waals surface area contributed by atoms with Crippen LogP contribution in [0.1, 0.15) is 33.1 Å². The van der Waals surface area contributed by atoms with Crippen LogP contribution >= 0.6 is 0 Å². The monoisotopic (exact) mass is 429 g/mol. The molecule has 10 heteroatoms. The molecule has 3 heterocycles. The minimum Gasteiger partial charge on any atom is -0.467 e. The number of aromatic nitrogens is 3. The second-order valence-electron chi connectivity index (χ2n) is 7.44. The summed E-state index contributed by atoms with van der Waals surface area (Å²) in [5, 5.41) is 8.36. The van der Waals surface area contributed by atoms with Gasteiger partial charge in [0, 0.05) is 20.1 Å². The van der Waals surface area contributed by atoms with E-state index in [1.807, 2.05) is 24.3 Å². The number of hydrogen-bond acceptors (Lipinski definition) is 6. The Balaban J connectivity index is 1.63. The van der Waals surface area contributed by atoms with Crippen molar-refractivity contribution in [3.8, 4) is 5.69 Å². The number of amides is 1. The Hall–Kier alpha value is -2.98. The van der Waals surface area contributed by atoms with Crippen molar-refractivity contribution in [3.05, 3.63) is 64.9 Å². The number of sulfonamides is 1. The van der Waals surface area contributed by atoms with E-state index in [1.165, 1.54) is 15.5 Å². The number of nitrogens with zero attached hydrogens (tertiary/aromatic N) is 5. The molecule has 9 nitrogen and oxygen atoms in total. The van der Waals surface area contributed by atoms with E-state index in [2.05, 4.69) is 10.3 Å². The molecule has 1 aliphatic rings. The minimum absolute atomic E-state index is 0.247. The van der Waals surface area contributed by atoms with Crippen molar-refractivity contribution in [2.24, 2.45) is 0 Å². The zero-order chi connectivity index (χ0) is 21.5. The first-order chi connectivity index (χ1) is 14.3. The van der Waals surface area contributed by atoms with Crippen molar-refractivity contribution < 1.29 is 17.6 Å². The van der Waals surface area contributed by atoms with Crippen LogP contribution in [0.5, 0.6) is 0 Å². The summed E-state index contributed by atoms with van der Waals surface area (Å²) >= 11 is 0. The summed E-state index contributed by atoms with van der Waals surface area (Å²) in [6, 6.07) is 9.29. The molecule has 3 aromatic rings. The second-order valence-corrected chi connectivity index (χ2v) is 9.42. The van der Waals surface area contributed by atoms with Crippen LogP contribution in [0, 0.1) is 6.92 Å². The molecule has 30 heavy (non-hydrogen) atoms. The van der Waals surface area contributed by atoms with Gasteiger partial charge in [0.1, 0.15) is 5.76 Å². The molecule has 0 spiro atoms. The van der Waals surface area contributed by atoms with Crippen molar-refractivity contribution in [2.75, 3.05) is 19.8 Å². The Morgan fingerprint density at radius 3 is 2.77 bits per heavy atom. The van der Waals surface area contributed by atoms with Crippen LogP contribution in [-0.2, 0) is 29.5 Å². The van der Waals surface area contributed by atoms with Gasteiger partial charge in [0.2, 0.25) is 10.0 Å². The third kappa shape index (κ3) is 3.75. The molecule has 4 rings (SSSR count). The molecule has 1 aliphatic heterocycles. The summed E-state index contributed by atoms with van der Waals surface area (Å²) < 4.78 is 32.2. The largest absolute Gasteiger partial charge is 0.467 e. The normalized spacial score (nSPS) is 14.5. The Morgan fingerprint density at radius 2 is 2.07 bits per heavy atom. The molecule has 0 bridgehead atoms. The number of fused-ring (bicyclic) bond motifs is 1. The highest BCUT2D eigenvalue weighted by atomic mass is 32.2. The Morgan fingerprint density at radius 1 is 1.27 bits per heavy atom. The third-order valence-electron chi connectivity index (χ3n) is 5.32. The Kier molecular flexibility index (Phi) is 5.20. The molecule has 0 aliphatic carbocycles. The van der Waals surface area contributed by atoms with Crippen molar-refractivity contribution >= 4 is 15.9 Å². The van der Waals surface area contributed by atoms with E-state index in [-0.39, 0.29) is 11.6 Å². The van der Waals surface area contributed by atoms with E-state index < -0.39 is 10.0 Å². The zero-order valence-electron chi connectivity index (χ0n) is 17.1. The Labute approximate surface area is 174 Å². The van der Waals surface area contributed by atoms with Crippen molar-refractivity contribution in [1.29, 1.82) is 0 Å². The first kappa shape index (κ1) is 20.3. The number of benzene rings is 1. The van der Waals surface area contributed by atoms with Crippen molar-refractivity contribution in [1.82, 2.24) is 24.2 Å². The molecule has 158 valence electrons. The van der Waals surface area contributed by atoms with Crippen LogP contribution in [-0.4, -0.2) is 58.4 Å². The van der Waals surface area contributed by atoms with Gasteiger partial charge in [-0.15, -0.1) is 5.10 Å². The van der Waals surface area contributed by atoms with Gasteiger partial charge in [0.15, 0.2) is 5.69 Å². The third-order valence-corrected chi connectivity index (χ3v) is 6.57. The molecule has 0 fully saturated rings. The fraction of sp³-hybridized carbons (Fsp3) is 0.350. The van der Waals surface area contributed by atoms with E-state index in [1.54, 1.807) is 31.0 Å². The quantitative estimate of drug-likeness (QED) is 0.613. The molecule has 0 atom stereocenters. The summed E-state index contributed by atoms with van der Waals surface area (Å²) in [5.41, 5.74) is 3.68. The van der Waals surface area contributed by atoms with E-state index in [0.717, 1.165) is 16.8 Å². The number of carbonyl (C=O) groups is 1. The molecule has 0 unspecified atom stereocenters. The molecular weight excluding hydrogens is 406 g/mol. The molecule has 0 radical (unpaired) electrons. The molecule has 0 N–H and O–H groups in total. The number of furan rings is 1.